The predicted octanol–water partition coefficient (Wildman–Crippen LogP) is 1.24. The maximum Gasteiger partial charge on any atom is 0.307 e. The summed E-state index contributed by atoms with van der Waals surface area (Å²) >= 11 is 0. The molecule has 1 aromatic heterocycles. The number of nitrogens with one attached hydrogen (secondary N) is 1. The quantitative estimate of drug-likeness (QED) is 0.836. The topological polar surface area (TPSA) is 79.3 Å². The van der Waals surface area contributed by atoms with Gasteiger partial charge in [-0.2, -0.15) is 0 Å². The Balaban J connectivity index is 1.80. The lowest BCUT2D eigenvalue weighted by Gasteiger charge is -2.15. The molecule has 1 heterocycles. The lowest BCUT2D eigenvalue weighted by atomic mass is 9.95. The summed E-state index contributed by atoms with van der Waals surface area (Å²) in [6.45, 7) is 0.533. The Hall–Kier alpha value is -1.91. The summed E-state index contributed by atoms with van der Waals surface area (Å²) in [6.07, 6.45) is 6.27. The summed E-state index contributed by atoms with van der Waals surface area (Å²) in [7, 11) is 0. The number of carbonyl (C=O) groups excluding carboxylic acids is 1. The number of aromatic nitrogens is 1. The van der Waals surface area contributed by atoms with Crippen LogP contribution in [0.1, 0.15) is 24.8 Å². The molecule has 0 aliphatic heterocycles. The van der Waals surface area contributed by atoms with Gasteiger partial charge in [-0.05, 0) is 37.0 Å². The first-order valence-corrected chi connectivity index (χ1v) is 6.58. The van der Waals surface area contributed by atoms with Gasteiger partial charge in [-0.3, -0.25) is 14.6 Å². The van der Waals surface area contributed by atoms with Crippen molar-refractivity contribution in [2.24, 2.45) is 11.8 Å². The SMILES string of the molecule is O=C(O)[C@H]1CCC[C@H]1C(=O)NCCc1ccncc1. The number of nitrogens with zero attached hydrogens (tertiary/aromatic N) is 1. The number of amides is 1. The first kappa shape index (κ1) is 13.5. The molecule has 0 radical (unpaired) electrons. The highest BCUT2D eigenvalue weighted by Gasteiger charge is 2.37. The van der Waals surface area contributed by atoms with Gasteiger partial charge >= 0.3 is 5.97 Å². The summed E-state index contributed by atoms with van der Waals surface area (Å²) in [5.74, 6) is -1.86. The average Bonchev–Trinajstić information content (AvgIpc) is 2.89. The standard InChI is InChI=1S/C14H18N2O3/c17-13(11-2-1-3-12(11)14(18)19)16-9-6-10-4-7-15-8-5-10/h4-5,7-8,11-12H,1-3,6,9H2,(H,16,17)(H,18,19)/t11-,12+/m1/s1. The number of hydrogen-bond acceptors (Lipinski definition) is 3. The van der Waals surface area contributed by atoms with Crippen LogP contribution in [0.4, 0.5) is 0 Å². The number of carboxylic acid groups (broad SMARTS) is 1. The average molecular weight is 262 g/mol. The summed E-state index contributed by atoms with van der Waals surface area (Å²) in [6, 6.07) is 3.81. The number of carboxylic acids is 1. The lowest BCUT2D eigenvalue weighted by Crippen LogP contribution is -2.36. The summed E-state index contributed by atoms with van der Waals surface area (Å²) in [4.78, 5) is 26.9. The van der Waals surface area contributed by atoms with Crippen molar-refractivity contribution in [3.63, 3.8) is 0 Å². The molecule has 0 bridgehead atoms. The van der Waals surface area contributed by atoms with E-state index in [-0.39, 0.29) is 11.8 Å². The first-order chi connectivity index (χ1) is 9.18. The lowest BCUT2D eigenvalue weighted by molar-refractivity contribution is -0.146. The summed E-state index contributed by atoms with van der Waals surface area (Å²) in [5.41, 5.74) is 1.11. The third-order valence-corrected chi connectivity index (χ3v) is 3.63. The van der Waals surface area contributed by atoms with Gasteiger partial charge in [0.05, 0.1) is 11.8 Å². The molecule has 1 aromatic rings. The molecule has 102 valence electrons. The van der Waals surface area contributed by atoms with E-state index in [0.29, 0.717) is 19.4 Å². The van der Waals surface area contributed by atoms with Crippen molar-refractivity contribution in [1.82, 2.24) is 10.3 Å². The van der Waals surface area contributed by atoms with Crippen LogP contribution in [0.2, 0.25) is 0 Å². The fourth-order valence-corrected chi connectivity index (χ4v) is 2.58. The number of aliphatic carboxylic acids is 1. The van der Waals surface area contributed by atoms with E-state index >= 15 is 0 Å². The fraction of sp³-hybridized carbons (Fsp3) is 0.500. The molecule has 0 aromatic carbocycles. The highest BCUT2D eigenvalue weighted by molar-refractivity contribution is 5.85. The van der Waals surface area contributed by atoms with Gasteiger partial charge in [0.15, 0.2) is 0 Å². The molecule has 2 atom stereocenters. The molecule has 0 spiro atoms. The van der Waals surface area contributed by atoms with Crippen molar-refractivity contribution in [3.05, 3.63) is 30.1 Å². The van der Waals surface area contributed by atoms with E-state index < -0.39 is 11.9 Å². The Bertz CT molecular complexity index is 447. The second-order valence-corrected chi connectivity index (χ2v) is 4.88. The minimum Gasteiger partial charge on any atom is -0.481 e. The van der Waals surface area contributed by atoms with E-state index in [4.69, 9.17) is 5.11 Å². The van der Waals surface area contributed by atoms with Gasteiger partial charge in [0.25, 0.3) is 0 Å². The van der Waals surface area contributed by atoms with E-state index in [1.54, 1.807) is 12.4 Å². The van der Waals surface area contributed by atoms with Crippen molar-refractivity contribution >= 4 is 11.9 Å². The van der Waals surface area contributed by atoms with Crippen molar-refractivity contribution in [3.8, 4) is 0 Å². The summed E-state index contributed by atoms with van der Waals surface area (Å²) < 4.78 is 0. The maximum absolute atomic E-state index is 12.0. The number of rotatable bonds is 5. The van der Waals surface area contributed by atoms with E-state index in [1.807, 2.05) is 12.1 Å². The van der Waals surface area contributed by atoms with Crippen LogP contribution >= 0.6 is 0 Å². The van der Waals surface area contributed by atoms with E-state index in [2.05, 4.69) is 10.3 Å². The molecular formula is C14H18N2O3. The van der Waals surface area contributed by atoms with Crippen molar-refractivity contribution < 1.29 is 14.7 Å². The minimum atomic E-state index is -0.855. The fourth-order valence-electron chi connectivity index (χ4n) is 2.58. The van der Waals surface area contributed by atoms with Crippen LogP contribution in [0.5, 0.6) is 0 Å². The molecule has 5 nitrogen and oxygen atoms in total. The van der Waals surface area contributed by atoms with Gasteiger partial charge in [0, 0.05) is 18.9 Å². The maximum atomic E-state index is 12.0. The number of hydrogen-bond donors (Lipinski definition) is 2. The van der Waals surface area contributed by atoms with Gasteiger partial charge in [-0.1, -0.05) is 6.42 Å². The zero-order valence-corrected chi connectivity index (χ0v) is 10.7. The molecule has 0 unspecified atom stereocenters. The Morgan fingerprint density at radius 1 is 1.26 bits per heavy atom. The molecular weight excluding hydrogens is 244 g/mol. The molecule has 1 saturated carbocycles. The van der Waals surface area contributed by atoms with Crippen LogP contribution in [0, 0.1) is 11.8 Å². The largest absolute Gasteiger partial charge is 0.481 e. The number of pyridine rings is 1. The Labute approximate surface area is 112 Å². The zero-order valence-electron chi connectivity index (χ0n) is 10.7. The summed E-state index contributed by atoms with van der Waals surface area (Å²) in [5, 5.41) is 11.9. The molecule has 19 heavy (non-hydrogen) atoms. The molecule has 1 amide bonds. The van der Waals surface area contributed by atoms with Crippen LogP contribution < -0.4 is 5.32 Å². The third kappa shape index (κ3) is 3.53. The third-order valence-electron chi connectivity index (χ3n) is 3.63. The minimum absolute atomic E-state index is 0.126. The Morgan fingerprint density at radius 2 is 1.95 bits per heavy atom. The second-order valence-electron chi connectivity index (χ2n) is 4.88. The molecule has 0 saturated heterocycles. The van der Waals surface area contributed by atoms with Crippen LogP contribution in [0.3, 0.4) is 0 Å². The van der Waals surface area contributed by atoms with Crippen molar-refractivity contribution in [2.45, 2.75) is 25.7 Å². The first-order valence-electron chi connectivity index (χ1n) is 6.58. The Morgan fingerprint density at radius 3 is 2.63 bits per heavy atom. The monoisotopic (exact) mass is 262 g/mol. The van der Waals surface area contributed by atoms with E-state index in [1.165, 1.54) is 0 Å². The molecule has 2 N–H and O–H groups in total. The second kappa shape index (κ2) is 6.31. The van der Waals surface area contributed by atoms with Crippen LogP contribution in [-0.2, 0) is 16.0 Å². The number of carbonyl (C=O) groups is 2. The molecule has 2 rings (SSSR count). The van der Waals surface area contributed by atoms with Crippen LogP contribution in [0.15, 0.2) is 24.5 Å². The van der Waals surface area contributed by atoms with E-state index in [0.717, 1.165) is 18.4 Å². The zero-order chi connectivity index (χ0) is 13.7. The molecule has 1 fully saturated rings. The normalized spacial score (nSPS) is 22.1. The van der Waals surface area contributed by atoms with Gasteiger partial charge in [-0.15, -0.1) is 0 Å². The highest BCUT2D eigenvalue weighted by atomic mass is 16.4. The van der Waals surface area contributed by atoms with Crippen molar-refractivity contribution in [1.29, 1.82) is 0 Å². The van der Waals surface area contributed by atoms with E-state index in [9.17, 15) is 9.59 Å². The molecule has 1 aliphatic carbocycles. The highest BCUT2D eigenvalue weighted by Crippen LogP contribution is 2.31. The van der Waals surface area contributed by atoms with Gasteiger partial charge < -0.3 is 10.4 Å². The smallest absolute Gasteiger partial charge is 0.307 e. The van der Waals surface area contributed by atoms with Gasteiger partial charge in [0.1, 0.15) is 0 Å². The van der Waals surface area contributed by atoms with Crippen LogP contribution in [0.25, 0.3) is 0 Å². The molecule has 1 aliphatic rings. The Kier molecular flexibility index (Phi) is 4.49. The van der Waals surface area contributed by atoms with Crippen LogP contribution in [-0.4, -0.2) is 28.5 Å². The van der Waals surface area contributed by atoms with Crippen molar-refractivity contribution in [2.75, 3.05) is 6.54 Å². The van der Waals surface area contributed by atoms with Gasteiger partial charge in [0.2, 0.25) is 5.91 Å². The molecule has 5 heteroatoms. The predicted molar refractivity (Wildman–Crippen MR) is 69.4 cm³/mol. The van der Waals surface area contributed by atoms with Gasteiger partial charge in [-0.25, -0.2) is 0 Å².